The fraction of sp³-hybridized carbons (Fsp3) is 0.324. The number of rotatable bonds is 14. The van der Waals surface area contributed by atoms with Crippen LogP contribution in [0.15, 0.2) is 91.4 Å². The van der Waals surface area contributed by atoms with E-state index in [0.29, 0.717) is 25.2 Å². The number of nitrogens with zero attached hydrogens (tertiary/aromatic N) is 1. The summed E-state index contributed by atoms with van der Waals surface area (Å²) in [7, 11) is 0. The van der Waals surface area contributed by atoms with E-state index in [-0.39, 0.29) is 30.9 Å². The van der Waals surface area contributed by atoms with E-state index >= 15 is 0 Å². The Balaban J connectivity index is 1.57. The number of imidazole rings is 1. The maximum absolute atomic E-state index is 13.9. The number of carbonyl (C=O) groups excluding carboxylic acids is 2. The van der Waals surface area contributed by atoms with Crippen molar-refractivity contribution in [3.05, 3.63) is 108 Å². The van der Waals surface area contributed by atoms with Crippen molar-refractivity contribution in [2.45, 2.75) is 51.6 Å². The number of benzene rings is 3. The molecule has 0 aliphatic rings. The summed E-state index contributed by atoms with van der Waals surface area (Å²) in [5, 5.41) is 18.1. The predicted molar refractivity (Wildman–Crippen MR) is 164 cm³/mol. The van der Waals surface area contributed by atoms with Gasteiger partial charge < -0.3 is 20.7 Å². The van der Waals surface area contributed by atoms with Gasteiger partial charge in [-0.25, -0.2) is 4.98 Å². The highest BCUT2D eigenvalue weighted by atomic mass is 16.3. The molecule has 0 fully saturated rings. The monoisotopic (exact) mass is 552 g/mol. The van der Waals surface area contributed by atoms with E-state index in [0.717, 1.165) is 27.6 Å². The molecule has 1 aromatic heterocycles. The highest BCUT2D eigenvalue weighted by molar-refractivity contribution is 5.90. The Morgan fingerprint density at radius 3 is 2.41 bits per heavy atom. The van der Waals surface area contributed by atoms with Crippen LogP contribution in [0.25, 0.3) is 16.8 Å². The van der Waals surface area contributed by atoms with Gasteiger partial charge in [0.15, 0.2) is 0 Å². The van der Waals surface area contributed by atoms with Gasteiger partial charge >= 0.3 is 0 Å². The number of carbonyl (C=O) groups is 2. The maximum atomic E-state index is 13.9. The van der Waals surface area contributed by atoms with Gasteiger partial charge in [0, 0.05) is 24.2 Å². The number of nitrogens with one attached hydrogen (secondary N) is 3. The molecule has 0 bridgehead atoms. The fourth-order valence-corrected chi connectivity index (χ4v) is 5.12. The molecule has 3 aromatic carbocycles. The van der Waals surface area contributed by atoms with Crippen molar-refractivity contribution in [3.8, 4) is 0 Å². The van der Waals surface area contributed by atoms with Crippen LogP contribution in [0.1, 0.15) is 43.5 Å². The quantitative estimate of drug-likeness (QED) is 0.175. The Morgan fingerprint density at radius 2 is 1.68 bits per heavy atom. The summed E-state index contributed by atoms with van der Waals surface area (Å²) in [6.45, 7) is 3.92. The van der Waals surface area contributed by atoms with E-state index in [4.69, 9.17) is 0 Å². The van der Waals surface area contributed by atoms with E-state index in [1.807, 2.05) is 74.5 Å². The van der Waals surface area contributed by atoms with Crippen molar-refractivity contribution in [1.29, 1.82) is 0 Å². The van der Waals surface area contributed by atoms with E-state index in [2.05, 4.69) is 44.9 Å². The first-order valence-electron chi connectivity index (χ1n) is 14.3. The van der Waals surface area contributed by atoms with Crippen molar-refractivity contribution in [2.24, 2.45) is 11.8 Å². The van der Waals surface area contributed by atoms with E-state index in [1.54, 1.807) is 12.5 Å². The Bertz CT molecular complexity index is 1410. The number of H-pyrrole nitrogens is 1. The summed E-state index contributed by atoms with van der Waals surface area (Å²) < 4.78 is 0. The molecule has 3 atom stereocenters. The molecule has 4 rings (SSSR count). The van der Waals surface area contributed by atoms with Gasteiger partial charge in [-0.05, 0) is 47.1 Å². The maximum Gasteiger partial charge on any atom is 0.243 e. The standard InChI is InChI=1S/C34H40N4O3/c1-24(2)18-30(22-39)37-34(41)32(20-29-21-35-23-36-29)38-33(40)28(16-8-12-25-10-4-3-5-11-25)19-27-15-9-14-26-13-6-7-17-31(26)27/h3-15,17,21,23-24,28,30,32,39H,16,18-20,22H2,1-2H3,(H,35,36)(H,37,41)(H,38,40)/t28?,30-,32-/m0/s1. The number of aromatic nitrogens is 2. The summed E-state index contributed by atoms with van der Waals surface area (Å²) in [6, 6.07) is 23.1. The number of fused-ring (bicyclic) bond motifs is 1. The number of amides is 2. The molecule has 1 unspecified atom stereocenters. The van der Waals surface area contributed by atoms with Gasteiger partial charge in [-0.15, -0.1) is 0 Å². The summed E-state index contributed by atoms with van der Waals surface area (Å²) in [6.07, 6.45) is 9.19. The number of aromatic amines is 1. The lowest BCUT2D eigenvalue weighted by Gasteiger charge is -2.25. The van der Waals surface area contributed by atoms with Crippen LogP contribution in [0, 0.1) is 11.8 Å². The highest BCUT2D eigenvalue weighted by Gasteiger charge is 2.28. The van der Waals surface area contributed by atoms with Gasteiger partial charge in [0.05, 0.1) is 19.0 Å². The second-order valence-corrected chi connectivity index (χ2v) is 10.9. The van der Waals surface area contributed by atoms with E-state index in [1.165, 1.54) is 0 Å². The molecular formula is C34H40N4O3. The van der Waals surface area contributed by atoms with Crippen LogP contribution in [0.3, 0.4) is 0 Å². The van der Waals surface area contributed by atoms with Crippen LogP contribution in [-0.4, -0.2) is 45.6 Å². The molecule has 0 radical (unpaired) electrons. The molecule has 2 amide bonds. The second kappa shape index (κ2) is 15.0. The first kappa shape index (κ1) is 29.7. The van der Waals surface area contributed by atoms with Gasteiger partial charge in [0.1, 0.15) is 6.04 Å². The Hall–Kier alpha value is -4.23. The molecule has 0 saturated heterocycles. The molecular weight excluding hydrogens is 512 g/mol. The summed E-state index contributed by atoms with van der Waals surface area (Å²) >= 11 is 0. The molecule has 214 valence electrons. The van der Waals surface area contributed by atoms with Crippen molar-refractivity contribution >= 4 is 28.7 Å². The van der Waals surface area contributed by atoms with E-state index < -0.39 is 12.0 Å². The third-order valence-electron chi connectivity index (χ3n) is 7.18. The zero-order valence-electron chi connectivity index (χ0n) is 23.8. The number of aliphatic hydroxyl groups is 1. The lowest BCUT2D eigenvalue weighted by molar-refractivity contribution is -0.131. The van der Waals surface area contributed by atoms with Crippen molar-refractivity contribution < 1.29 is 14.7 Å². The zero-order chi connectivity index (χ0) is 29.0. The number of hydrogen-bond donors (Lipinski definition) is 4. The Labute approximate surface area is 242 Å². The number of aliphatic hydroxyl groups excluding tert-OH is 1. The van der Waals surface area contributed by atoms with Crippen molar-refractivity contribution in [3.63, 3.8) is 0 Å². The topological polar surface area (TPSA) is 107 Å². The summed E-state index contributed by atoms with van der Waals surface area (Å²) in [5.41, 5.74) is 2.89. The van der Waals surface area contributed by atoms with Gasteiger partial charge in [0.25, 0.3) is 0 Å². The van der Waals surface area contributed by atoms with Gasteiger partial charge in [-0.2, -0.15) is 0 Å². The lowest BCUT2D eigenvalue weighted by atomic mass is 9.91. The van der Waals surface area contributed by atoms with Crippen LogP contribution in [-0.2, 0) is 22.4 Å². The molecule has 0 aliphatic heterocycles. The van der Waals surface area contributed by atoms with Crippen LogP contribution in [0.2, 0.25) is 0 Å². The van der Waals surface area contributed by atoms with Gasteiger partial charge in [0.2, 0.25) is 11.8 Å². The van der Waals surface area contributed by atoms with Gasteiger partial charge in [-0.3, -0.25) is 9.59 Å². The predicted octanol–water partition coefficient (Wildman–Crippen LogP) is 5.08. The van der Waals surface area contributed by atoms with Gasteiger partial charge in [-0.1, -0.05) is 98.8 Å². The van der Waals surface area contributed by atoms with Crippen molar-refractivity contribution in [1.82, 2.24) is 20.6 Å². The smallest absolute Gasteiger partial charge is 0.243 e. The van der Waals surface area contributed by atoms with Crippen LogP contribution in [0.4, 0.5) is 0 Å². The average molecular weight is 553 g/mol. The average Bonchev–Trinajstić information content (AvgIpc) is 3.49. The molecule has 1 heterocycles. The molecule has 0 spiro atoms. The molecule has 41 heavy (non-hydrogen) atoms. The third kappa shape index (κ3) is 8.88. The SMILES string of the molecule is CC(C)C[C@@H](CO)NC(=O)[C@H](Cc1cnc[nH]1)NC(=O)C(CC=Cc1ccccc1)Cc1cccc2ccccc12. The Morgan fingerprint density at radius 1 is 0.927 bits per heavy atom. The second-order valence-electron chi connectivity index (χ2n) is 10.9. The summed E-state index contributed by atoms with van der Waals surface area (Å²) in [4.78, 5) is 34.4. The van der Waals surface area contributed by atoms with Crippen molar-refractivity contribution in [2.75, 3.05) is 6.61 Å². The molecule has 4 aromatic rings. The molecule has 0 saturated carbocycles. The fourth-order valence-electron chi connectivity index (χ4n) is 5.12. The van der Waals surface area contributed by atoms with Crippen LogP contribution in [0.5, 0.6) is 0 Å². The minimum Gasteiger partial charge on any atom is -0.394 e. The normalized spacial score (nSPS) is 13.8. The minimum absolute atomic E-state index is 0.164. The molecule has 4 N–H and O–H groups in total. The number of hydrogen-bond acceptors (Lipinski definition) is 4. The first-order chi connectivity index (χ1) is 19.9. The Kier molecular flexibility index (Phi) is 10.9. The minimum atomic E-state index is -0.822. The third-order valence-corrected chi connectivity index (χ3v) is 7.18. The highest BCUT2D eigenvalue weighted by Crippen LogP contribution is 2.23. The molecule has 7 nitrogen and oxygen atoms in total. The van der Waals surface area contributed by atoms with E-state index in [9.17, 15) is 14.7 Å². The molecule has 7 heteroatoms. The van der Waals surface area contributed by atoms with Crippen LogP contribution < -0.4 is 10.6 Å². The van der Waals surface area contributed by atoms with Crippen LogP contribution >= 0.6 is 0 Å². The lowest BCUT2D eigenvalue weighted by Crippen LogP contribution is -2.53. The molecule has 0 aliphatic carbocycles. The first-order valence-corrected chi connectivity index (χ1v) is 14.3. The number of allylic oxidation sites excluding steroid dienone is 1. The largest absolute Gasteiger partial charge is 0.394 e. The zero-order valence-corrected chi connectivity index (χ0v) is 23.8. The summed E-state index contributed by atoms with van der Waals surface area (Å²) in [5.74, 6) is -0.618.